The Morgan fingerprint density at radius 2 is 2.24 bits per heavy atom. The van der Waals surface area contributed by atoms with Gasteiger partial charge in [0.2, 0.25) is 5.91 Å². The Hall–Kier alpha value is -1.36. The lowest BCUT2D eigenvalue weighted by molar-refractivity contribution is -0.141. The molecule has 1 unspecified atom stereocenters. The van der Waals surface area contributed by atoms with Crippen LogP contribution in [-0.4, -0.2) is 58.2 Å². The number of aromatic nitrogens is 2. The van der Waals surface area contributed by atoms with Crippen molar-refractivity contribution in [3.05, 3.63) is 18.5 Å². The first kappa shape index (κ1) is 10.8. The number of nitrogens with zero attached hydrogens (tertiary/aromatic N) is 4. The van der Waals surface area contributed by atoms with Gasteiger partial charge in [-0.3, -0.25) is 14.4 Å². The minimum absolute atomic E-state index is 0.112. The number of likely N-dealkylation sites (N-methyl/N-ethyl adjacent to an activating group) is 1. The van der Waals surface area contributed by atoms with Gasteiger partial charge in [0.1, 0.15) is 0 Å². The van der Waals surface area contributed by atoms with Crippen molar-refractivity contribution in [3.8, 4) is 0 Å². The minimum Gasteiger partial charge on any atom is -0.344 e. The molecule has 1 aromatic heterocycles. The Bertz CT molecular complexity index is 397. The summed E-state index contributed by atoms with van der Waals surface area (Å²) < 4.78 is 1.99. The number of hydrogen-bond acceptors (Lipinski definition) is 3. The van der Waals surface area contributed by atoms with Crippen molar-refractivity contribution >= 4 is 5.91 Å². The van der Waals surface area contributed by atoms with E-state index < -0.39 is 0 Å². The maximum absolute atomic E-state index is 12.0. The van der Waals surface area contributed by atoms with Crippen molar-refractivity contribution < 1.29 is 4.79 Å². The zero-order valence-electron chi connectivity index (χ0n) is 10.1. The van der Waals surface area contributed by atoms with Crippen molar-refractivity contribution in [2.45, 2.75) is 24.9 Å². The molecule has 0 aliphatic carbocycles. The number of carbonyl (C=O) groups is 1. The van der Waals surface area contributed by atoms with Crippen molar-refractivity contribution in [2.24, 2.45) is 0 Å². The lowest BCUT2D eigenvalue weighted by Crippen LogP contribution is -2.59. The summed E-state index contributed by atoms with van der Waals surface area (Å²) in [7, 11) is 1.90. The molecular formula is C12H18N4O. The van der Waals surface area contributed by atoms with Crippen LogP contribution in [0.1, 0.15) is 18.9 Å². The third kappa shape index (κ3) is 1.84. The van der Waals surface area contributed by atoms with E-state index >= 15 is 0 Å². The molecule has 3 heterocycles. The molecule has 0 aromatic carbocycles. The van der Waals surface area contributed by atoms with E-state index in [9.17, 15) is 4.79 Å². The Kier molecular flexibility index (Phi) is 2.63. The average molecular weight is 234 g/mol. The van der Waals surface area contributed by atoms with Crippen LogP contribution in [-0.2, 0) is 4.79 Å². The Morgan fingerprint density at radius 1 is 1.41 bits per heavy atom. The van der Waals surface area contributed by atoms with E-state index in [1.807, 2.05) is 35.1 Å². The summed E-state index contributed by atoms with van der Waals surface area (Å²) >= 11 is 0. The van der Waals surface area contributed by atoms with Crippen LogP contribution in [0.3, 0.4) is 0 Å². The van der Waals surface area contributed by atoms with E-state index in [1.54, 1.807) is 0 Å². The first-order valence-electron chi connectivity index (χ1n) is 6.24. The highest BCUT2D eigenvalue weighted by Gasteiger charge is 2.39. The molecule has 1 aromatic rings. The molecular weight excluding hydrogens is 216 g/mol. The van der Waals surface area contributed by atoms with Crippen molar-refractivity contribution in [2.75, 3.05) is 26.7 Å². The predicted molar refractivity (Wildman–Crippen MR) is 63.5 cm³/mol. The van der Waals surface area contributed by atoms with Crippen LogP contribution in [0.25, 0.3) is 0 Å². The third-order valence-electron chi connectivity index (χ3n) is 3.86. The van der Waals surface area contributed by atoms with Crippen LogP contribution in [0.4, 0.5) is 0 Å². The number of rotatable bonds is 2. The van der Waals surface area contributed by atoms with Crippen LogP contribution in [0.15, 0.2) is 18.5 Å². The molecule has 5 nitrogen and oxygen atoms in total. The van der Waals surface area contributed by atoms with Crippen molar-refractivity contribution in [3.63, 3.8) is 0 Å². The van der Waals surface area contributed by atoms with E-state index in [4.69, 9.17) is 0 Å². The maximum Gasteiger partial charge on any atom is 0.239 e. The molecule has 1 atom stereocenters. The van der Waals surface area contributed by atoms with Gasteiger partial charge < -0.3 is 4.90 Å². The van der Waals surface area contributed by atoms with Gasteiger partial charge in [0.25, 0.3) is 0 Å². The summed E-state index contributed by atoms with van der Waals surface area (Å²) in [5.74, 6) is 0.287. The fraction of sp³-hybridized carbons (Fsp3) is 0.667. The lowest BCUT2D eigenvalue weighted by atomic mass is 9.98. The first-order valence-corrected chi connectivity index (χ1v) is 6.24. The van der Waals surface area contributed by atoms with Gasteiger partial charge in [-0.05, 0) is 18.9 Å². The first-order chi connectivity index (χ1) is 8.25. The SMILES string of the molecule is CN1CCCC(N2CC(n3cccn3)C2)C1=O. The largest absolute Gasteiger partial charge is 0.344 e. The van der Waals surface area contributed by atoms with Crippen LogP contribution < -0.4 is 0 Å². The monoisotopic (exact) mass is 234 g/mol. The van der Waals surface area contributed by atoms with Gasteiger partial charge in [0.15, 0.2) is 0 Å². The number of piperidine rings is 1. The van der Waals surface area contributed by atoms with Gasteiger partial charge in [-0.15, -0.1) is 0 Å². The molecule has 2 aliphatic heterocycles. The molecule has 17 heavy (non-hydrogen) atoms. The molecule has 3 rings (SSSR count). The van der Waals surface area contributed by atoms with Gasteiger partial charge >= 0.3 is 0 Å². The van der Waals surface area contributed by atoms with Gasteiger partial charge in [0.05, 0.1) is 12.1 Å². The molecule has 0 saturated carbocycles. The van der Waals surface area contributed by atoms with Gasteiger partial charge in [-0.1, -0.05) is 0 Å². The average Bonchev–Trinajstić information content (AvgIpc) is 2.75. The van der Waals surface area contributed by atoms with E-state index in [-0.39, 0.29) is 11.9 Å². The highest BCUT2D eigenvalue weighted by Crippen LogP contribution is 2.27. The normalized spacial score (nSPS) is 27.2. The van der Waals surface area contributed by atoms with Crippen LogP contribution in [0.2, 0.25) is 0 Å². The maximum atomic E-state index is 12.0. The van der Waals surface area contributed by atoms with Crippen molar-refractivity contribution in [1.82, 2.24) is 19.6 Å². The molecule has 92 valence electrons. The highest BCUT2D eigenvalue weighted by atomic mass is 16.2. The number of amides is 1. The molecule has 1 amide bonds. The Balaban J connectivity index is 1.60. The quantitative estimate of drug-likeness (QED) is 0.742. The number of likely N-dealkylation sites (tertiary alicyclic amines) is 2. The topological polar surface area (TPSA) is 41.4 Å². The van der Waals surface area contributed by atoms with Gasteiger partial charge in [0, 0.05) is 39.1 Å². The van der Waals surface area contributed by atoms with Crippen LogP contribution in [0, 0.1) is 0 Å². The second kappa shape index (κ2) is 4.14. The summed E-state index contributed by atoms with van der Waals surface area (Å²) in [5, 5.41) is 4.25. The molecule has 0 N–H and O–H groups in total. The minimum atomic E-state index is 0.112. The smallest absolute Gasteiger partial charge is 0.239 e. The van der Waals surface area contributed by atoms with Gasteiger partial charge in [-0.2, -0.15) is 5.10 Å². The second-order valence-electron chi connectivity index (χ2n) is 5.01. The summed E-state index contributed by atoms with van der Waals surface area (Å²) in [6.07, 6.45) is 5.93. The lowest BCUT2D eigenvalue weighted by Gasteiger charge is -2.46. The zero-order chi connectivity index (χ0) is 11.8. The zero-order valence-corrected chi connectivity index (χ0v) is 10.1. The summed E-state index contributed by atoms with van der Waals surface area (Å²) in [4.78, 5) is 16.2. The molecule has 2 aliphatic rings. The predicted octanol–water partition coefficient (Wildman–Crippen LogP) is 0.361. The second-order valence-corrected chi connectivity index (χ2v) is 5.01. The Morgan fingerprint density at radius 3 is 2.94 bits per heavy atom. The molecule has 0 spiro atoms. The number of carbonyl (C=O) groups excluding carboxylic acids is 1. The fourth-order valence-corrected chi connectivity index (χ4v) is 2.75. The van der Waals surface area contributed by atoms with Crippen molar-refractivity contribution in [1.29, 1.82) is 0 Å². The summed E-state index contributed by atoms with van der Waals surface area (Å²) in [6, 6.07) is 2.51. The highest BCUT2D eigenvalue weighted by molar-refractivity contribution is 5.82. The number of hydrogen-bond donors (Lipinski definition) is 0. The molecule has 2 fully saturated rings. The summed E-state index contributed by atoms with van der Waals surface area (Å²) in [6.45, 7) is 2.81. The van der Waals surface area contributed by atoms with E-state index in [1.165, 1.54) is 0 Å². The fourth-order valence-electron chi connectivity index (χ4n) is 2.75. The summed E-state index contributed by atoms with van der Waals surface area (Å²) in [5.41, 5.74) is 0. The van der Waals surface area contributed by atoms with E-state index in [2.05, 4.69) is 10.00 Å². The van der Waals surface area contributed by atoms with Crippen LogP contribution in [0.5, 0.6) is 0 Å². The van der Waals surface area contributed by atoms with Gasteiger partial charge in [-0.25, -0.2) is 0 Å². The Labute approximate surface area is 101 Å². The van der Waals surface area contributed by atoms with E-state index in [0.29, 0.717) is 6.04 Å². The van der Waals surface area contributed by atoms with Crippen LogP contribution >= 0.6 is 0 Å². The van der Waals surface area contributed by atoms with E-state index in [0.717, 1.165) is 32.5 Å². The standard InChI is InChI=1S/C12H18N4O/c1-14-6-2-4-11(12(14)17)15-8-10(9-15)16-7-3-5-13-16/h3,5,7,10-11H,2,4,6,8-9H2,1H3. The third-order valence-corrected chi connectivity index (χ3v) is 3.86. The molecule has 2 saturated heterocycles. The molecule has 0 bridgehead atoms. The molecule has 0 radical (unpaired) electrons. The molecule has 5 heteroatoms.